The average Bonchev–Trinajstić information content (AvgIpc) is 4.10. The summed E-state index contributed by atoms with van der Waals surface area (Å²) < 4.78 is 0. The first-order valence-electron chi connectivity index (χ1n) is 21.1. The van der Waals surface area contributed by atoms with Crippen LogP contribution in [0.3, 0.4) is 0 Å². The SMILES string of the molecule is C=C1/C(=C/C2=CC=C[CH]2)CCCC12C(C1=C[CH]C=C1)CC1=C(CCC/C1=C/C1=CC=C[CH]1)C2C1=C[CH]C=C1.[CH]1C=CC=C1.[CH]1C=CC=C1.[CH]1C=CC=C1.[CH]1C=CC=C1.[Fe].[Fe].[Fe].[Fe]. The fourth-order valence-electron chi connectivity index (χ4n) is 9.42. The molecule has 62 heavy (non-hydrogen) atoms. The van der Waals surface area contributed by atoms with Gasteiger partial charge in [0.2, 0.25) is 0 Å². The molecule has 1 fully saturated rings. The molecule has 0 bridgehead atoms. The summed E-state index contributed by atoms with van der Waals surface area (Å²) in [7, 11) is 0. The Bertz CT molecular complexity index is 2000. The number of hydrogen-bond acceptors (Lipinski definition) is 0. The molecule has 0 aromatic rings. The van der Waals surface area contributed by atoms with E-state index in [0.717, 1.165) is 12.8 Å². The molecule has 11 aliphatic rings. The van der Waals surface area contributed by atoms with Gasteiger partial charge in [0.1, 0.15) is 0 Å². The van der Waals surface area contributed by atoms with Crippen LogP contribution < -0.4 is 0 Å². The number of allylic oxidation sites excluding steroid dienone is 39. The first-order valence-corrected chi connectivity index (χ1v) is 21.1. The van der Waals surface area contributed by atoms with Crippen molar-refractivity contribution < 1.29 is 68.3 Å². The number of rotatable bonds is 4. The van der Waals surface area contributed by atoms with Gasteiger partial charge in [-0.25, -0.2) is 0 Å². The van der Waals surface area contributed by atoms with Crippen molar-refractivity contribution in [1.29, 1.82) is 0 Å². The van der Waals surface area contributed by atoms with Crippen LogP contribution in [0.5, 0.6) is 0 Å². The van der Waals surface area contributed by atoms with Gasteiger partial charge >= 0.3 is 0 Å². The van der Waals surface area contributed by atoms with E-state index in [1.54, 1.807) is 16.7 Å². The second-order valence-electron chi connectivity index (χ2n) is 15.5. The van der Waals surface area contributed by atoms with Gasteiger partial charge in [-0.1, -0.05) is 194 Å². The molecule has 4 heteroatoms. The van der Waals surface area contributed by atoms with Crippen molar-refractivity contribution >= 4 is 0 Å². The smallest absolute Gasteiger partial charge is 0.0154 e. The second-order valence-corrected chi connectivity index (χ2v) is 15.5. The molecule has 11 aliphatic carbocycles. The van der Waals surface area contributed by atoms with E-state index in [9.17, 15) is 0 Å². The average molecular weight is 976 g/mol. The zero-order valence-corrected chi connectivity index (χ0v) is 39.6. The van der Waals surface area contributed by atoms with E-state index < -0.39 is 0 Å². The maximum Gasteiger partial charge on any atom is 0.0154 e. The van der Waals surface area contributed by atoms with Crippen LogP contribution in [0.1, 0.15) is 44.9 Å². The van der Waals surface area contributed by atoms with Crippen LogP contribution in [-0.4, -0.2) is 0 Å². The Hall–Kier alpha value is -3.12. The minimum Gasteiger partial charge on any atom is -0.0949 e. The van der Waals surface area contributed by atoms with Crippen molar-refractivity contribution in [3.05, 3.63) is 290 Å². The van der Waals surface area contributed by atoms with Gasteiger partial charge in [0.15, 0.2) is 0 Å². The molecule has 0 aromatic carbocycles. The Morgan fingerprint density at radius 3 is 1.34 bits per heavy atom. The molecule has 3 atom stereocenters. The Labute approximate surface area is 417 Å². The second kappa shape index (κ2) is 28.6. The molecule has 8 radical (unpaired) electrons. The van der Waals surface area contributed by atoms with Crippen molar-refractivity contribution in [2.75, 3.05) is 0 Å². The molecule has 320 valence electrons. The van der Waals surface area contributed by atoms with Crippen LogP contribution >= 0.6 is 0 Å². The third kappa shape index (κ3) is 14.2. The summed E-state index contributed by atoms with van der Waals surface area (Å²) >= 11 is 0. The first kappa shape index (κ1) is 53.2. The summed E-state index contributed by atoms with van der Waals surface area (Å²) in [4.78, 5) is 0. The topological polar surface area (TPSA) is 0 Å². The van der Waals surface area contributed by atoms with Crippen molar-refractivity contribution in [2.45, 2.75) is 44.9 Å². The maximum atomic E-state index is 4.99. The third-order valence-electron chi connectivity index (χ3n) is 11.9. The van der Waals surface area contributed by atoms with E-state index in [1.165, 1.54) is 65.5 Å². The first-order chi connectivity index (χ1) is 28.7. The van der Waals surface area contributed by atoms with Crippen LogP contribution in [0.2, 0.25) is 0 Å². The molecule has 1 saturated carbocycles. The monoisotopic (exact) mass is 976 g/mol. The van der Waals surface area contributed by atoms with Gasteiger partial charge in [-0.3, -0.25) is 0 Å². The number of hydrogen-bond donors (Lipinski definition) is 0. The minimum absolute atomic E-state index is 0. The Morgan fingerprint density at radius 1 is 0.452 bits per heavy atom. The predicted molar refractivity (Wildman–Crippen MR) is 250 cm³/mol. The summed E-state index contributed by atoms with van der Waals surface area (Å²) in [5, 5.41) is 0. The van der Waals surface area contributed by atoms with Crippen molar-refractivity contribution in [3.63, 3.8) is 0 Å². The van der Waals surface area contributed by atoms with Crippen molar-refractivity contribution in [3.8, 4) is 0 Å². The van der Waals surface area contributed by atoms with Gasteiger partial charge in [0, 0.05) is 131 Å². The molecule has 1 spiro atoms. The molecular weight excluding hydrogens is 920 g/mol. The molecule has 11 rings (SSSR count). The van der Waals surface area contributed by atoms with E-state index in [0.29, 0.717) is 11.8 Å². The van der Waals surface area contributed by atoms with E-state index in [2.05, 4.69) is 111 Å². The fourth-order valence-corrected chi connectivity index (χ4v) is 9.42. The zero-order valence-electron chi connectivity index (χ0n) is 35.2. The zero-order chi connectivity index (χ0) is 39.7. The summed E-state index contributed by atoms with van der Waals surface area (Å²) in [6.07, 6.45) is 89.3. The predicted octanol–water partition coefficient (Wildman–Crippen LogP) is 14.7. The molecule has 0 amide bonds. The molecule has 0 nitrogen and oxygen atoms in total. The van der Waals surface area contributed by atoms with Gasteiger partial charge in [0.25, 0.3) is 0 Å². The van der Waals surface area contributed by atoms with Crippen LogP contribution in [0.4, 0.5) is 0 Å². The van der Waals surface area contributed by atoms with Crippen LogP contribution in [-0.2, 0) is 68.3 Å². The summed E-state index contributed by atoms with van der Waals surface area (Å²) in [6.45, 7) is 4.99. The van der Waals surface area contributed by atoms with Crippen LogP contribution in [0.15, 0.2) is 239 Å². The van der Waals surface area contributed by atoms with Gasteiger partial charge in [-0.05, 0) is 95.4 Å². The Kier molecular flexibility index (Phi) is 24.6. The molecule has 0 heterocycles. The van der Waals surface area contributed by atoms with E-state index in [1.807, 2.05) is 123 Å². The van der Waals surface area contributed by atoms with E-state index in [-0.39, 0.29) is 73.7 Å². The third-order valence-corrected chi connectivity index (χ3v) is 11.9. The largest absolute Gasteiger partial charge is 0.0949 e. The molecule has 3 unspecified atom stereocenters. The van der Waals surface area contributed by atoms with Crippen LogP contribution in [0, 0.1) is 68.6 Å². The molecule has 0 saturated heterocycles. The minimum atomic E-state index is 0. The standard InChI is InChI=1S/C38H36.4C5H5.4Fe/c1-27-32(24-28-12-2-3-13-28)21-11-23-38(27)36(30-16-6-7-17-30)26-35-33(25-29-14-4-5-15-29)20-10-22-34(35)37(38)31-18-8-9-19-31;4*1-2-4-5-3-1;;;;/h2-9,12-19,24-25,36-37H,1,10-11,20-23,26H2;4*1-5H;;;;/b32-24+,33-25-;;;;;;;;. The van der Waals surface area contributed by atoms with Gasteiger partial charge < -0.3 is 0 Å². The quantitative estimate of drug-likeness (QED) is 0.246. The Morgan fingerprint density at radius 2 is 0.919 bits per heavy atom. The Balaban J connectivity index is 0.000000349. The normalized spacial score (nSPS) is 26.5. The molecular formula is C58H56Fe4. The summed E-state index contributed by atoms with van der Waals surface area (Å²) in [6, 6.07) is 0. The summed E-state index contributed by atoms with van der Waals surface area (Å²) in [5.41, 5.74) is 13.4. The van der Waals surface area contributed by atoms with Gasteiger partial charge in [-0.2, -0.15) is 0 Å². The van der Waals surface area contributed by atoms with Crippen molar-refractivity contribution in [1.82, 2.24) is 0 Å². The molecule has 0 aromatic heterocycles. The van der Waals surface area contributed by atoms with Crippen LogP contribution in [0.25, 0.3) is 0 Å². The molecule has 0 aliphatic heterocycles. The fraction of sp³-hybridized carbons (Fsp3) is 0.172. The van der Waals surface area contributed by atoms with Crippen molar-refractivity contribution in [2.24, 2.45) is 17.3 Å². The van der Waals surface area contributed by atoms with E-state index >= 15 is 0 Å². The molecule has 0 N–H and O–H groups in total. The summed E-state index contributed by atoms with van der Waals surface area (Å²) in [5.74, 6) is 0.800. The maximum absolute atomic E-state index is 4.99. The van der Waals surface area contributed by atoms with Gasteiger partial charge in [-0.15, -0.1) is 0 Å². The van der Waals surface area contributed by atoms with Gasteiger partial charge in [0.05, 0.1) is 0 Å². The van der Waals surface area contributed by atoms with E-state index in [4.69, 9.17) is 6.58 Å².